The molecule has 0 aliphatic carbocycles. The molecule has 164 valence electrons. The van der Waals surface area contributed by atoms with Gasteiger partial charge < -0.3 is 10.2 Å². The molecule has 31 heavy (non-hydrogen) atoms. The van der Waals surface area contributed by atoms with Crippen molar-refractivity contribution >= 4 is 27.5 Å². The third-order valence-electron chi connectivity index (χ3n) is 5.39. The fourth-order valence-electron chi connectivity index (χ4n) is 3.74. The zero-order valence-electron chi connectivity index (χ0n) is 17.7. The molecule has 2 N–H and O–H groups in total. The van der Waals surface area contributed by atoms with Gasteiger partial charge in [-0.05, 0) is 31.4 Å². The Balaban J connectivity index is 1.37. The highest BCUT2D eigenvalue weighted by molar-refractivity contribution is 7.88. The van der Waals surface area contributed by atoms with Crippen LogP contribution in [0, 0.1) is 0 Å². The van der Waals surface area contributed by atoms with Gasteiger partial charge in [0.15, 0.2) is 0 Å². The molecule has 4 rings (SSSR count). The van der Waals surface area contributed by atoms with Gasteiger partial charge in [-0.1, -0.05) is 30.3 Å². The maximum atomic E-state index is 12.7. The fraction of sp³-hybridized carbons (Fsp3) is 0.381. The Kier molecular flexibility index (Phi) is 5.92. The van der Waals surface area contributed by atoms with Crippen LogP contribution < -0.4 is 14.9 Å². The van der Waals surface area contributed by atoms with Gasteiger partial charge in [-0.3, -0.25) is 4.68 Å². The van der Waals surface area contributed by atoms with Gasteiger partial charge in [0.05, 0.1) is 17.6 Å². The van der Waals surface area contributed by atoms with E-state index in [0.29, 0.717) is 31.9 Å². The zero-order valence-corrected chi connectivity index (χ0v) is 18.5. The molecule has 0 bridgehead atoms. The number of sulfonamides is 1. The number of hydrogen-bond donors (Lipinski definition) is 2. The smallest absolute Gasteiger partial charge is 0.229 e. The molecule has 2 aromatic heterocycles. The van der Waals surface area contributed by atoms with Crippen LogP contribution in [0.25, 0.3) is 0 Å². The number of benzene rings is 1. The Morgan fingerprint density at radius 3 is 2.55 bits per heavy atom. The Bertz CT molecular complexity index is 1120. The van der Waals surface area contributed by atoms with E-state index in [1.165, 1.54) is 0 Å². The Morgan fingerprint density at radius 1 is 1.13 bits per heavy atom. The van der Waals surface area contributed by atoms with Gasteiger partial charge in [-0.2, -0.15) is 10.1 Å². The van der Waals surface area contributed by atoms with Crippen molar-refractivity contribution in [3.63, 3.8) is 0 Å². The molecule has 0 unspecified atom stereocenters. The molecule has 1 aromatic carbocycles. The van der Waals surface area contributed by atoms with E-state index < -0.39 is 15.6 Å². The highest BCUT2D eigenvalue weighted by Gasteiger charge is 2.34. The lowest BCUT2D eigenvalue weighted by Crippen LogP contribution is -2.53. The van der Waals surface area contributed by atoms with Crippen molar-refractivity contribution in [2.45, 2.75) is 31.1 Å². The number of rotatable bonds is 7. The van der Waals surface area contributed by atoms with Crippen molar-refractivity contribution in [1.29, 1.82) is 0 Å². The van der Waals surface area contributed by atoms with Gasteiger partial charge in [-0.15, -0.1) is 0 Å². The molecule has 1 saturated heterocycles. The summed E-state index contributed by atoms with van der Waals surface area (Å²) in [5.74, 6) is 1.31. The minimum absolute atomic E-state index is 0.0115. The molecule has 1 aliphatic rings. The van der Waals surface area contributed by atoms with Crippen LogP contribution in [0.5, 0.6) is 0 Å². The lowest BCUT2D eigenvalue weighted by atomic mass is 9.91. The summed E-state index contributed by atoms with van der Waals surface area (Å²) < 4.78 is 30.0. The van der Waals surface area contributed by atoms with E-state index in [2.05, 4.69) is 30.0 Å². The lowest BCUT2D eigenvalue weighted by Gasteiger charge is -2.40. The first kappa shape index (κ1) is 21.3. The SMILES string of the molecule is Cn1cc(Nc2nccc(N3CCC(C)(NS(=O)(=O)Cc4ccccc4)CC3)n2)cn1. The van der Waals surface area contributed by atoms with Crippen molar-refractivity contribution in [2.24, 2.45) is 7.05 Å². The maximum Gasteiger partial charge on any atom is 0.229 e. The second-order valence-corrected chi connectivity index (χ2v) is 9.88. The molecule has 9 nitrogen and oxygen atoms in total. The Hall–Kier alpha value is -2.98. The van der Waals surface area contributed by atoms with Gasteiger partial charge in [-0.25, -0.2) is 18.1 Å². The first-order chi connectivity index (χ1) is 14.8. The quantitative estimate of drug-likeness (QED) is 0.580. The monoisotopic (exact) mass is 441 g/mol. The van der Waals surface area contributed by atoms with Crippen LogP contribution in [-0.2, 0) is 22.8 Å². The number of nitrogens with zero attached hydrogens (tertiary/aromatic N) is 5. The van der Waals surface area contributed by atoms with Gasteiger partial charge >= 0.3 is 0 Å². The Morgan fingerprint density at radius 2 is 1.87 bits per heavy atom. The van der Waals surface area contributed by atoms with Gasteiger partial charge in [0.25, 0.3) is 0 Å². The van der Waals surface area contributed by atoms with E-state index in [1.807, 2.05) is 56.6 Å². The van der Waals surface area contributed by atoms with E-state index >= 15 is 0 Å². The summed E-state index contributed by atoms with van der Waals surface area (Å²) in [5.41, 5.74) is 1.12. The summed E-state index contributed by atoms with van der Waals surface area (Å²) >= 11 is 0. The molecule has 0 radical (unpaired) electrons. The summed E-state index contributed by atoms with van der Waals surface area (Å²) in [6, 6.07) is 11.1. The van der Waals surface area contributed by atoms with E-state index in [-0.39, 0.29) is 5.75 Å². The zero-order chi connectivity index (χ0) is 21.9. The highest BCUT2D eigenvalue weighted by Crippen LogP contribution is 2.27. The third-order valence-corrected chi connectivity index (χ3v) is 6.91. The summed E-state index contributed by atoms with van der Waals surface area (Å²) in [6.07, 6.45) is 6.66. The highest BCUT2D eigenvalue weighted by atomic mass is 32.2. The standard InChI is InChI=1S/C21H27N7O2S/c1-21(26-31(29,30)16-17-6-4-3-5-7-17)9-12-28(13-10-21)19-8-11-22-20(25-19)24-18-14-23-27(2)15-18/h3-8,11,14-15,26H,9-10,12-13,16H2,1-2H3,(H,22,24,25). The van der Waals surface area contributed by atoms with Crippen LogP contribution in [-0.4, -0.2) is 46.8 Å². The Labute approximate surface area is 182 Å². The summed E-state index contributed by atoms with van der Waals surface area (Å²) in [4.78, 5) is 11.0. The van der Waals surface area contributed by atoms with Crippen LogP contribution in [0.4, 0.5) is 17.5 Å². The molecule has 10 heteroatoms. The van der Waals surface area contributed by atoms with E-state index in [1.54, 1.807) is 17.1 Å². The lowest BCUT2D eigenvalue weighted by molar-refractivity contribution is 0.329. The molecular formula is C21H27N7O2S. The average molecular weight is 442 g/mol. The van der Waals surface area contributed by atoms with Crippen LogP contribution in [0.15, 0.2) is 55.0 Å². The predicted octanol–water partition coefficient (Wildman–Crippen LogP) is 2.43. The number of anilines is 3. The van der Waals surface area contributed by atoms with Gasteiger partial charge in [0.1, 0.15) is 5.82 Å². The fourth-order valence-corrected chi connectivity index (χ4v) is 5.40. The molecule has 0 spiro atoms. The van der Waals surface area contributed by atoms with E-state index in [4.69, 9.17) is 0 Å². The number of aromatic nitrogens is 4. The van der Waals surface area contributed by atoms with E-state index in [0.717, 1.165) is 17.1 Å². The second-order valence-electron chi connectivity index (χ2n) is 8.16. The minimum atomic E-state index is -3.43. The van der Waals surface area contributed by atoms with Crippen molar-refractivity contribution in [1.82, 2.24) is 24.5 Å². The molecule has 0 atom stereocenters. The number of piperidine rings is 1. The summed E-state index contributed by atoms with van der Waals surface area (Å²) in [7, 11) is -1.58. The minimum Gasteiger partial charge on any atom is -0.356 e. The molecule has 0 amide bonds. The van der Waals surface area contributed by atoms with E-state index in [9.17, 15) is 8.42 Å². The predicted molar refractivity (Wildman–Crippen MR) is 121 cm³/mol. The van der Waals surface area contributed by atoms with Crippen molar-refractivity contribution in [3.8, 4) is 0 Å². The number of hydrogen-bond acceptors (Lipinski definition) is 7. The van der Waals surface area contributed by atoms with Crippen LogP contribution in [0.2, 0.25) is 0 Å². The first-order valence-corrected chi connectivity index (χ1v) is 11.8. The average Bonchev–Trinajstić information content (AvgIpc) is 3.13. The normalized spacial score (nSPS) is 16.3. The van der Waals surface area contributed by atoms with Crippen LogP contribution >= 0.6 is 0 Å². The molecule has 3 aromatic rings. The first-order valence-electron chi connectivity index (χ1n) is 10.2. The molecule has 1 fully saturated rings. The molecule has 1 aliphatic heterocycles. The number of aryl methyl sites for hydroxylation is 1. The second kappa shape index (κ2) is 8.64. The largest absolute Gasteiger partial charge is 0.356 e. The molecule has 0 saturated carbocycles. The molecular weight excluding hydrogens is 414 g/mol. The maximum absolute atomic E-state index is 12.7. The topological polar surface area (TPSA) is 105 Å². The molecule has 3 heterocycles. The van der Waals surface area contributed by atoms with Crippen LogP contribution in [0.1, 0.15) is 25.3 Å². The summed E-state index contributed by atoms with van der Waals surface area (Å²) in [5, 5.41) is 7.28. The van der Waals surface area contributed by atoms with Crippen molar-refractivity contribution in [2.75, 3.05) is 23.3 Å². The summed E-state index contributed by atoms with van der Waals surface area (Å²) in [6.45, 7) is 3.38. The van der Waals surface area contributed by atoms with Gasteiger partial charge in [0, 0.05) is 38.1 Å². The third kappa shape index (κ3) is 5.59. The van der Waals surface area contributed by atoms with Crippen LogP contribution in [0.3, 0.4) is 0 Å². The van der Waals surface area contributed by atoms with Crippen molar-refractivity contribution < 1.29 is 8.42 Å². The van der Waals surface area contributed by atoms with Crippen molar-refractivity contribution in [3.05, 3.63) is 60.6 Å². The number of nitrogens with one attached hydrogen (secondary N) is 2. The van der Waals surface area contributed by atoms with Gasteiger partial charge in [0.2, 0.25) is 16.0 Å².